The minimum absolute atomic E-state index is 0.123. The van der Waals surface area contributed by atoms with Crippen molar-refractivity contribution < 1.29 is 23.0 Å². The highest BCUT2D eigenvalue weighted by molar-refractivity contribution is 9.09. The number of allylic oxidation sites excluding steroid dienone is 1. The predicted octanol–water partition coefficient (Wildman–Crippen LogP) is 3.19. The molecule has 0 aromatic heterocycles. The lowest BCUT2D eigenvalue weighted by Crippen LogP contribution is -2.06. The van der Waals surface area contributed by atoms with Crippen LogP contribution in [0.5, 0.6) is 5.75 Å². The van der Waals surface area contributed by atoms with Crippen molar-refractivity contribution >= 4 is 21.9 Å². The van der Waals surface area contributed by atoms with Crippen molar-refractivity contribution in [1.82, 2.24) is 0 Å². The molecule has 0 aliphatic heterocycles. The fraction of sp³-hybridized carbons (Fsp3) is 0.250. The van der Waals surface area contributed by atoms with E-state index in [0.717, 1.165) is 24.3 Å². The molecular weight excluding hydrogens is 310 g/mol. The van der Waals surface area contributed by atoms with Gasteiger partial charge in [0, 0.05) is 6.07 Å². The van der Waals surface area contributed by atoms with E-state index in [1.165, 1.54) is 0 Å². The third kappa shape index (κ3) is 4.44. The molecule has 1 aromatic rings. The fourth-order valence-electron chi connectivity index (χ4n) is 1.11. The summed E-state index contributed by atoms with van der Waals surface area (Å²) in [5.41, 5.74) is 0. The number of carbonyl (C=O) groups is 1. The summed E-state index contributed by atoms with van der Waals surface area (Å²) in [6.45, 7) is 1.88. The van der Waals surface area contributed by atoms with E-state index in [4.69, 9.17) is 4.74 Å². The summed E-state index contributed by atoms with van der Waals surface area (Å²) in [6, 6.07) is 2.82. The Morgan fingerprint density at radius 2 is 2.17 bits per heavy atom. The van der Waals surface area contributed by atoms with Gasteiger partial charge in [0.15, 0.2) is 11.6 Å². The van der Waals surface area contributed by atoms with Gasteiger partial charge in [-0.1, -0.05) is 15.9 Å². The molecule has 0 aliphatic carbocycles. The number of alkyl halides is 1. The summed E-state index contributed by atoms with van der Waals surface area (Å²) in [6.07, 6.45) is 1.07. The molecule has 0 fully saturated rings. The maximum Gasteiger partial charge on any atom is 0.334 e. The van der Waals surface area contributed by atoms with Crippen LogP contribution in [0.1, 0.15) is 6.92 Å². The highest BCUT2D eigenvalue weighted by atomic mass is 79.9. The van der Waals surface area contributed by atoms with E-state index in [-0.39, 0.29) is 23.4 Å². The molecule has 3 nitrogen and oxygen atoms in total. The van der Waals surface area contributed by atoms with Crippen molar-refractivity contribution in [2.24, 2.45) is 0 Å². The summed E-state index contributed by atoms with van der Waals surface area (Å²) < 4.78 is 36.0. The molecule has 0 amide bonds. The van der Waals surface area contributed by atoms with Crippen molar-refractivity contribution in [3.05, 3.63) is 41.7 Å². The van der Waals surface area contributed by atoms with Crippen LogP contribution in [0.3, 0.4) is 0 Å². The van der Waals surface area contributed by atoms with Gasteiger partial charge >= 0.3 is 5.97 Å². The van der Waals surface area contributed by atoms with Crippen LogP contribution in [0, 0.1) is 11.6 Å². The number of esters is 1. The maximum absolute atomic E-state index is 13.3. The van der Waals surface area contributed by atoms with Crippen LogP contribution in [0.2, 0.25) is 0 Å². The summed E-state index contributed by atoms with van der Waals surface area (Å²) in [4.78, 5) is 11.2. The first kappa shape index (κ1) is 14.6. The third-order valence-corrected chi connectivity index (χ3v) is 2.38. The Bertz CT molecular complexity index is 461. The van der Waals surface area contributed by atoms with E-state index < -0.39 is 17.6 Å². The van der Waals surface area contributed by atoms with Gasteiger partial charge < -0.3 is 9.47 Å². The monoisotopic (exact) mass is 320 g/mol. The quantitative estimate of drug-likeness (QED) is 0.362. The van der Waals surface area contributed by atoms with Crippen molar-refractivity contribution in [3.8, 4) is 5.75 Å². The molecule has 0 unspecified atom stereocenters. The first-order valence-electron chi connectivity index (χ1n) is 5.13. The summed E-state index contributed by atoms with van der Waals surface area (Å²) in [5, 5.41) is 0.168. The number of halogens is 3. The van der Waals surface area contributed by atoms with Gasteiger partial charge in [0.2, 0.25) is 0 Å². The summed E-state index contributed by atoms with van der Waals surface area (Å²) in [7, 11) is 0. The average Bonchev–Trinajstić information content (AvgIpc) is 2.33. The second-order valence-electron chi connectivity index (χ2n) is 3.17. The largest absolute Gasteiger partial charge is 0.463 e. The molecule has 0 atom stereocenters. The Morgan fingerprint density at radius 1 is 1.44 bits per heavy atom. The van der Waals surface area contributed by atoms with E-state index >= 15 is 0 Å². The minimum atomic E-state index is -0.716. The van der Waals surface area contributed by atoms with Gasteiger partial charge in [-0.05, 0) is 19.1 Å². The zero-order valence-electron chi connectivity index (χ0n) is 9.58. The van der Waals surface area contributed by atoms with Gasteiger partial charge in [-0.3, -0.25) is 0 Å². The van der Waals surface area contributed by atoms with Crippen molar-refractivity contribution in [2.75, 3.05) is 11.9 Å². The van der Waals surface area contributed by atoms with E-state index in [1.807, 2.05) is 0 Å². The Hall–Kier alpha value is -1.43. The van der Waals surface area contributed by atoms with Crippen molar-refractivity contribution in [1.29, 1.82) is 0 Å². The van der Waals surface area contributed by atoms with Crippen LogP contribution in [-0.4, -0.2) is 17.9 Å². The van der Waals surface area contributed by atoms with Crippen molar-refractivity contribution in [2.45, 2.75) is 6.92 Å². The molecule has 0 bridgehead atoms. The maximum atomic E-state index is 13.3. The van der Waals surface area contributed by atoms with Crippen LogP contribution >= 0.6 is 15.9 Å². The molecule has 18 heavy (non-hydrogen) atoms. The molecule has 0 saturated heterocycles. The molecule has 1 rings (SSSR count). The second-order valence-corrected chi connectivity index (χ2v) is 3.73. The lowest BCUT2D eigenvalue weighted by Gasteiger charge is -2.08. The first-order chi connectivity index (χ1) is 8.56. The number of rotatable bonds is 5. The smallest absolute Gasteiger partial charge is 0.334 e. The van der Waals surface area contributed by atoms with Gasteiger partial charge in [0.25, 0.3) is 0 Å². The minimum Gasteiger partial charge on any atom is -0.463 e. The SMILES string of the molecule is CCOC(=O)C=C(CBr)Oc1cc(F)ccc1F. The first-order valence-corrected chi connectivity index (χ1v) is 6.25. The third-order valence-electron chi connectivity index (χ3n) is 1.83. The molecule has 0 aliphatic rings. The van der Waals surface area contributed by atoms with Crippen LogP contribution in [0.15, 0.2) is 30.0 Å². The van der Waals surface area contributed by atoms with Gasteiger partial charge in [-0.25, -0.2) is 13.6 Å². The van der Waals surface area contributed by atoms with E-state index in [0.29, 0.717) is 0 Å². The molecule has 0 N–H and O–H groups in total. The zero-order valence-corrected chi connectivity index (χ0v) is 11.2. The van der Waals surface area contributed by atoms with Crippen LogP contribution in [0.25, 0.3) is 0 Å². The Labute approximate surface area is 112 Å². The molecular formula is C12H11BrF2O3. The van der Waals surface area contributed by atoms with Gasteiger partial charge in [0.05, 0.1) is 18.0 Å². The van der Waals surface area contributed by atoms with Gasteiger partial charge in [0.1, 0.15) is 11.6 Å². The molecule has 0 saturated carbocycles. The van der Waals surface area contributed by atoms with Gasteiger partial charge in [-0.2, -0.15) is 0 Å². The highest BCUT2D eigenvalue weighted by Crippen LogP contribution is 2.21. The van der Waals surface area contributed by atoms with Crippen LogP contribution < -0.4 is 4.74 Å². The number of hydrogen-bond acceptors (Lipinski definition) is 3. The van der Waals surface area contributed by atoms with Crippen molar-refractivity contribution in [3.63, 3.8) is 0 Å². The number of carbonyl (C=O) groups excluding carboxylic acids is 1. The number of hydrogen-bond donors (Lipinski definition) is 0. The van der Waals surface area contributed by atoms with E-state index in [1.54, 1.807) is 6.92 Å². The standard InChI is InChI=1S/C12H11BrF2O3/c1-2-17-12(16)6-9(7-13)18-11-5-8(14)3-4-10(11)15/h3-6H,2,7H2,1H3. The molecule has 0 spiro atoms. The summed E-state index contributed by atoms with van der Waals surface area (Å²) in [5.74, 6) is -2.12. The molecule has 0 heterocycles. The average molecular weight is 321 g/mol. The molecule has 1 aromatic carbocycles. The molecule has 0 radical (unpaired) electrons. The Balaban J connectivity index is 2.85. The normalized spacial score (nSPS) is 11.2. The lowest BCUT2D eigenvalue weighted by atomic mass is 10.3. The molecule has 98 valence electrons. The molecule has 6 heteroatoms. The van der Waals surface area contributed by atoms with Crippen LogP contribution in [0.4, 0.5) is 8.78 Å². The lowest BCUT2D eigenvalue weighted by molar-refractivity contribution is -0.137. The second kappa shape index (κ2) is 7.10. The predicted molar refractivity (Wildman–Crippen MR) is 65.5 cm³/mol. The summed E-state index contributed by atoms with van der Waals surface area (Å²) >= 11 is 3.08. The Kier molecular flexibility index (Phi) is 5.77. The Morgan fingerprint density at radius 3 is 2.78 bits per heavy atom. The highest BCUT2D eigenvalue weighted by Gasteiger charge is 2.09. The topological polar surface area (TPSA) is 35.5 Å². The van der Waals surface area contributed by atoms with Gasteiger partial charge in [-0.15, -0.1) is 0 Å². The van der Waals surface area contributed by atoms with Crippen LogP contribution in [-0.2, 0) is 9.53 Å². The zero-order chi connectivity index (χ0) is 13.5. The number of benzene rings is 1. The fourth-order valence-corrected chi connectivity index (χ4v) is 1.38. The van der Waals surface area contributed by atoms with E-state index in [2.05, 4.69) is 20.7 Å². The van der Waals surface area contributed by atoms with E-state index in [9.17, 15) is 13.6 Å². The number of ether oxygens (including phenoxy) is 2.